The van der Waals surface area contributed by atoms with E-state index >= 15 is 0 Å². The lowest BCUT2D eigenvalue weighted by atomic mass is 10.1. The Labute approximate surface area is 60.3 Å². The second-order valence-electron chi connectivity index (χ2n) is 2.52. The van der Waals surface area contributed by atoms with Crippen molar-refractivity contribution in [1.29, 1.82) is 0 Å². The van der Waals surface area contributed by atoms with Crippen molar-refractivity contribution < 1.29 is 14.3 Å². The summed E-state index contributed by atoms with van der Waals surface area (Å²) in [6.45, 7) is 1.94. The zero-order valence-corrected chi connectivity index (χ0v) is 6.29. The molecule has 10 heavy (non-hydrogen) atoms. The van der Waals surface area contributed by atoms with E-state index in [4.69, 9.17) is 9.47 Å². The van der Waals surface area contributed by atoms with Gasteiger partial charge < -0.3 is 9.47 Å². The van der Waals surface area contributed by atoms with E-state index in [-0.39, 0.29) is 11.9 Å². The highest BCUT2D eigenvalue weighted by molar-refractivity contribution is 5.82. The topological polar surface area (TPSA) is 35.5 Å². The van der Waals surface area contributed by atoms with Crippen LogP contribution < -0.4 is 0 Å². The summed E-state index contributed by atoms with van der Waals surface area (Å²) in [6, 6.07) is 0. The smallest absolute Gasteiger partial charge is 0.217 e. The molecule has 0 amide bonds. The van der Waals surface area contributed by atoms with Crippen molar-refractivity contribution in [3.05, 3.63) is 0 Å². The molecule has 0 aromatic carbocycles. The molecule has 2 unspecified atom stereocenters. The maximum atomic E-state index is 10.9. The van der Waals surface area contributed by atoms with Crippen molar-refractivity contribution in [3.8, 4) is 0 Å². The van der Waals surface area contributed by atoms with Crippen LogP contribution in [0.3, 0.4) is 0 Å². The predicted octanol–water partition coefficient (Wildman–Crippen LogP) is 0.727. The van der Waals surface area contributed by atoms with Crippen molar-refractivity contribution in [3.63, 3.8) is 0 Å². The maximum Gasteiger partial charge on any atom is 0.217 e. The monoisotopic (exact) mass is 144 g/mol. The minimum atomic E-state index is -0.608. The van der Waals surface area contributed by atoms with Gasteiger partial charge in [0.15, 0.2) is 5.78 Å². The van der Waals surface area contributed by atoms with Gasteiger partial charge in [-0.3, -0.25) is 4.79 Å². The van der Waals surface area contributed by atoms with Crippen LogP contribution in [0.25, 0.3) is 0 Å². The van der Waals surface area contributed by atoms with Gasteiger partial charge in [-0.15, -0.1) is 0 Å². The molecule has 1 rings (SSSR count). The van der Waals surface area contributed by atoms with Crippen LogP contribution in [0.4, 0.5) is 0 Å². The highest BCUT2D eigenvalue weighted by Crippen LogP contribution is 2.15. The predicted molar refractivity (Wildman–Crippen MR) is 35.6 cm³/mol. The van der Waals surface area contributed by atoms with E-state index in [0.29, 0.717) is 6.42 Å². The van der Waals surface area contributed by atoms with Gasteiger partial charge in [-0.2, -0.15) is 0 Å². The Balaban J connectivity index is 2.45. The van der Waals surface area contributed by atoms with Crippen LogP contribution in [0, 0.1) is 0 Å². The van der Waals surface area contributed by atoms with Gasteiger partial charge in [-0.1, -0.05) is 0 Å². The van der Waals surface area contributed by atoms with Gasteiger partial charge in [0.1, 0.15) is 0 Å². The normalized spacial score (nSPS) is 34.4. The van der Waals surface area contributed by atoms with Crippen LogP contribution in [0.5, 0.6) is 0 Å². The fraction of sp³-hybridized carbons (Fsp3) is 0.857. The SMILES string of the molecule is COC1OC(C)CCC1=O. The summed E-state index contributed by atoms with van der Waals surface area (Å²) >= 11 is 0. The summed E-state index contributed by atoms with van der Waals surface area (Å²) in [4.78, 5) is 10.9. The molecule has 2 atom stereocenters. The van der Waals surface area contributed by atoms with Gasteiger partial charge in [-0.05, 0) is 13.3 Å². The summed E-state index contributed by atoms with van der Waals surface area (Å²) in [5.41, 5.74) is 0. The van der Waals surface area contributed by atoms with Gasteiger partial charge in [-0.25, -0.2) is 0 Å². The Kier molecular flexibility index (Phi) is 2.40. The van der Waals surface area contributed by atoms with Crippen molar-refractivity contribution in [2.45, 2.75) is 32.2 Å². The van der Waals surface area contributed by atoms with E-state index in [9.17, 15) is 4.79 Å². The number of ether oxygens (including phenoxy) is 2. The van der Waals surface area contributed by atoms with E-state index < -0.39 is 6.29 Å². The zero-order chi connectivity index (χ0) is 7.56. The van der Waals surface area contributed by atoms with Crippen molar-refractivity contribution in [2.24, 2.45) is 0 Å². The average Bonchev–Trinajstić information content (AvgIpc) is 1.94. The molecule has 1 saturated heterocycles. The Morgan fingerprint density at radius 1 is 1.70 bits per heavy atom. The van der Waals surface area contributed by atoms with Gasteiger partial charge in [0.25, 0.3) is 0 Å². The van der Waals surface area contributed by atoms with Crippen LogP contribution in [-0.4, -0.2) is 25.3 Å². The summed E-state index contributed by atoms with van der Waals surface area (Å²) in [7, 11) is 1.49. The third-order valence-electron chi connectivity index (χ3n) is 1.63. The Bertz CT molecular complexity index is 133. The first-order valence-corrected chi connectivity index (χ1v) is 3.45. The van der Waals surface area contributed by atoms with E-state index in [1.54, 1.807) is 0 Å². The van der Waals surface area contributed by atoms with E-state index in [1.165, 1.54) is 7.11 Å². The summed E-state index contributed by atoms with van der Waals surface area (Å²) in [5, 5.41) is 0. The third-order valence-corrected chi connectivity index (χ3v) is 1.63. The van der Waals surface area contributed by atoms with Crippen LogP contribution >= 0.6 is 0 Å². The van der Waals surface area contributed by atoms with E-state index in [1.807, 2.05) is 6.92 Å². The first-order chi connectivity index (χ1) is 4.74. The number of hydrogen-bond donors (Lipinski definition) is 0. The highest BCUT2D eigenvalue weighted by atomic mass is 16.7. The van der Waals surface area contributed by atoms with Gasteiger partial charge in [0.05, 0.1) is 6.10 Å². The first-order valence-electron chi connectivity index (χ1n) is 3.45. The molecule has 0 aromatic heterocycles. The lowest BCUT2D eigenvalue weighted by Crippen LogP contribution is -2.35. The maximum absolute atomic E-state index is 10.9. The lowest BCUT2D eigenvalue weighted by molar-refractivity contribution is -0.185. The fourth-order valence-corrected chi connectivity index (χ4v) is 1.01. The first kappa shape index (κ1) is 7.69. The molecular formula is C7H12O3. The Hall–Kier alpha value is -0.410. The van der Waals surface area contributed by atoms with Crippen LogP contribution in [0.15, 0.2) is 0 Å². The molecule has 1 aliphatic rings. The molecule has 0 aliphatic carbocycles. The highest BCUT2D eigenvalue weighted by Gasteiger charge is 2.26. The largest absolute Gasteiger partial charge is 0.349 e. The Morgan fingerprint density at radius 2 is 2.40 bits per heavy atom. The van der Waals surface area contributed by atoms with Gasteiger partial charge in [0, 0.05) is 13.5 Å². The summed E-state index contributed by atoms with van der Waals surface area (Å²) < 4.78 is 9.98. The van der Waals surface area contributed by atoms with Crippen LogP contribution in [-0.2, 0) is 14.3 Å². The minimum absolute atomic E-state index is 0.0561. The molecule has 0 bridgehead atoms. The molecule has 0 saturated carbocycles. The summed E-state index contributed by atoms with van der Waals surface area (Å²) in [5.74, 6) is 0.0561. The van der Waals surface area contributed by atoms with E-state index in [2.05, 4.69) is 0 Å². The molecule has 0 aromatic rings. The molecule has 0 spiro atoms. The second-order valence-corrected chi connectivity index (χ2v) is 2.52. The second kappa shape index (κ2) is 3.12. The van der Waals surface area contributed by atoms with Crippen molar-refractivity contribution in [2.75, 3.05) is 7.11 Å². The molecule has 1 aliphatic heterocycles. The number of rotatable bonds is 1. The molecule has 0 N–H and O–H groups in total. The number of Topliss-reactive ketones (excluding diaryl/α,β-unsaturated/α-hetero) is 1. The summed E-state index contributed by atoms with van der Waals surface area (Å²) in [6.07, 6.45) is 0.949. The number of carbonyl (C=O) groups is 1. The Morgan fingerprint density at radius 3 is 2.90 bits per heavy atom. The van der Waals surface area contributed by atoms with Gasteiger partial charge in [0.2, 0.25) is 6.29 Å². The zero-order valence-electron chi connectivity index (χ0n) is 6.29. The molecule has 0 radical (unpaired) electrons. The van der Waals surface area contributed by atoms with Crippen LogP contribution in [0.2, 0.25) is 0 Å². The fourth-order valence-electron chi connectivity index (χ4n) is 1.01. The minimum Gasteiger partial charge on any atom is -0.349 e. The standard InChI is InChI=1S/C7H12O3/c1-5-3-4-6(8)7(9-2)10-5/h5,7H,3-4H2,1-2H3. The molecule has 3 heteroatoms. The van der Waals surface area contributed by atoms with Crippen LogP contribution in [0.1, 0.15) is 19.8 Å². The quantitative estimate of drug-likeness (QED) is 0.544. The molecular weight excluding hydrogens is 132 g/mol. The van der Waals surface area contributed by atoms with Gasteiger partial charge >= 0.3 is 0 Å². The number of carbonyl (C=O) groups excluding carboxylic acids is 1. The van der Waals surface area contributed by atoms with Crippen molar-refractivity contribution >= 4 is 5.78 Å². The molecule has 58 valence electrons. The molecule has 1 heterocycles. The lowest BCUT2D eigenvalue weighted by Gasteiger charge is -2.24. The molecule has 3 nitrogen and oxygen atoms in total. The molecule has 1 fully saturated rings. The third kappa shape index (κ3) is 1.55. The number of ketones is 1. The van der Waals surface area contributed by atoms with E-state index in [0.717, 1.165) is 6.42 Å². The number of methoxy groups -OCH3 is 1. The average molecular weight is 144 g/mol. The van der Waals surface area contributed by atoms with Crippen molar-refractivity contribution in [1.82, 2.24) is 0 Å². The number of hydrogen-bond acceptors (Lipinski definition) is 3.